The van der Waals surface area contributed by atoms with Crippen molar-refractivity contribution in [1.29, 1.82) is 0 Å². The number of hydrogen-bond donors (Lipinski definition) is 1. The first kappa shape index (κ1) is 13.7. The maximum atomic E-state index is 3.59. The standard InChI is InChI=1S/C14H28N2/c1-4-13(2)16(3)11-10-15-12-14-8-6-5-7-9-14/h5-6,13-15H,4,7-12H2,1-3H3. The SMILES string of the molecule is CCC(C)N(C)CCNCC1CC=CCC1. The monoisotopic (exact) mass is 224 g/mol. The zero-order valence-corrected chi connectivity index (χ0v) is 11.2. The Morgan fingerprint density at radius 3 is 2.88 bits per heavy atom. The number of likely N-dealkylation sites (N-methyl/N-ethyl adjacent to an activating group) is 1. The summed E-state index contributed by atoms with van der Waals surface area (Å²) in [4.78, 5) is 2.44. The summed E-state index contributed by atoms with van der Waals surface area (Å²) in [5.74, 6) is 0.874. The van der Waals surface area contributed by atoms with Gasteiger partial charge in [-0.3, -0.25) is 0 Å². The molecule has 1 rings (SSSR count). The fourth-order valence-corrected chi connectivity index (χ4v) is 2.14. The van der Waals surface area contributed by atoms with Gasteiger partial charge in [-0.15, -0.1) is 0 Å². The number of rotatable bonds is 7. The molecular formula is C14H28N2. The van der Waals surface area contributed by atoms with Gasteiger partial charge in [0.25, 0.3) is 0 Å². The molecule has 1 aliphatic carbocycles. The third kappa shape index (κ3) is 5.13. The van der Waals surface area contributed by atoms with E-state index in [0.29, 0.717) is 6.04 Å². The van der Waals surface area contributed by atoms with Crippen LogP contribution in [0.3, 0.4) is 0 Å². The summed E-state index contributed by atoms with van der Waals surface area (Å²) in [6.45, 7) is 8.03. The van der Waals surface area contributed by atoms with Crippen molar-refractivity contribution in [1.82, 2.24) is 10.2 Å². The van der Waals surface area contributed by atoms with Crippen LogP contribution in [0.4, 0.5) is 0 Å². The van der Waals surface area contributed by atoms with Crippen molar-refractivity contribution in [2.45, 2.75) is 45.6 Å². The third-order valence-electron chi connectivity index (χ3n) is 3.80. The van der Waals surface area contributed by atoms with Gasteiger partial charge in [0.05, 0.1) is 0 Å². The van der Waals surface area contributed by atoms with Gasteiger partial charge in [-0.05, 0) is 52.1 Å². The minimum Gasteiger partial charge on any atom is -0.315 e. The Balaban J connectivity index is 2.00. The van der Waals surface area contributed by atoms with E-state index in [1.807, 2.05) is 0 Å². The molecule has 0 amide bonds. The molecule has 0 bridgehead atoms. The molecule has 16 heavy (non-hydrogen) atoms. The van der Waals surface area contributed by atoms with Crippen molar-refractivity contribution in [2.75, 3.05) is 26.7 Å². The molecule has 0 fully saturated rings. The molecule has 1 aliphatic rings. The lowest BCUT2D eigenvalue weighted by Crippen LogP contribution is -2.36. The highest BCUT2D eigenvalue weighted by molar-refractivity contribution is 4.90. The maximum Gasteiger partial charge on any atom is 0.0107 e. The molecule has 0 aromatic heterocycles. The van der Waals surface area contributed by atoms with Gasteiger partial charge in [0.2, 0.25) is 0 Å². The molecule has 0 heterocycles. The summed E-state index contributed by atoms with van der Waals surface area (Å²) < 4.78 is 0. The van der Waals surface area contributed by atoms with Crippen LogP contribution in [0.25, 0.3) is 0 Å². The Labute approximate surface area is 101 Å². The number of nitrogens with zero attached hydrogens (tertiary/aromatic N) is 1. The molecule has 2 nitrogen and oxygen atoms in total. The van der Waals surface area contributed by atoms with Crippen LogP contribution in [-0.2, 0) is 0 Å². The topological polar surface area (TPSA) is 15.3 Å². The van der Waals surface area contributed by atoms with Crippen LogP contribution in [0.1, 0.15) is 39.5 Å². The second-order valence-electron chi connectivity index (χ2n) is 5.09. The zero-order valence-electron chi connectivity index (χ0n) is 11.2. The molecule has 0 spiro atoms. The van der Waals surface area contributed by atoms with Gasteiger partial charge in [-0.1, -0.05) is 19.1 Å². The van der Waals surface area contributed by atoms with Crippen molar-refractivity contribution < 1.29 is 0 Å². The lowest BCUT2D eigenvalue weighted by molar-refractivity contribution is 0.249. The van der Waals surface area contributed by atoms with Crippen molar-refractivity contribution in [2.24, 2.45) is 5.92 Å². The Morgan fingerprint density at radius 1 is 1.44 bits per heavy atom. The molecule has 0 radical (unpaired) electrons. The van der Waals surface area contributed by atoms with Gasteiger partial charge < -0.3 is 10.2 Å². The lowest BCUT2D eigenvalue weighted by atomic mass is 9.94. The van der Waals surface area contributed by atoms with E-state index in [-0.39, 0.29) is 0 Å². The fourth-order valence-electron chi connectivity index (χ4n) is 2.14. The van der Waals surface area contributed by atoms with Crippen LogP contribution in [-0.4, -0.2) is 37.6 Å². The Kier molecular flexibility index (Phi) is 6.74. The normalized spacial score (nSPS) is 22.6. The highest BCUT2D eigenvalue weighted by Crippen LogP contribution is 2.16. The van der Waals surface area contributed by atoms with Crippen LogP contribution in [0.5, 0.6) is 0 Å². The Hall–Kier alpha value is -0.340. The van der Waals surface area contributed by atoms with E-state index in [1.54, 1.807) is 0 Å². The van der Waals surface area contributed by atoms with E-state index in [1.165, 1.54) is 32.2 Å². The van der Waals surface area contributed by atoms with Crippen molar-refractivity contribution in [3.63, 3.8) is 0 Å². The Morgan fingerprint density at radius 2 is 2.25 bits per heavy atom. The van der Waals surface area contributed by atoms with Gasteiger partial charge >= 0.3 is 0 Å². The van der Waals surface area contributed by atoms with E-state index < -0.39 is 0 Å². The minimum absolute atomic E-state index is 0.708. The molecule has 0 aromatic rings. The molecule has 1 N–H and O–H groups in total. The van der Waals surface area contributed by atoms with Gasteiger partial charge in [-0.25, -0.2) is 0 Å². The zero-order chi connectivity index (χ0) is 11.8. The summed E-state index contributed by atoms with van der Waals surface area (Å²) >= 11 is 0. The summed E-state index contributed by atoms with van der Waals surface area (Å²) in [5.41, 5.74) is 0. The molecule has 0 saturated carbocycles. The fraction of sp³-hybridized carbons (Fsp3) is 0.857. The molecule has 2 unspecified atom stereocenters. The summed E-state index contributed by atoms with van der Waals surface area (Å²) in [5, 5.41) is 3.59. The molecular weight excluding hydrogens is 196 g/mol. The first-order chi connectivity index (χ1) is 7.74. The predicted molar refractivity (Wildman–Crippen MR) is 71.7 cm³/mol. The number of allylic oxidation sites excluding steroid dienone is 2. The van der Waals surface area contributed by atoms with E-state index in [9.17, 15) is 0 Å². The molecule has 94 valence electrons. The molecule has 0 aromatic carbocycles. The van der Waals surface area contributed by atoms with Gasteiger partial charge in [0.15, 0.2) is 0 Å². The quantitative estimate of drug-likeness (QED) is 0.528. The van der Waals surface area contributed by atoms with E-state index in [2.05, 4.69) is 43.3 Å². The Bertz CT molecular complexity index is 201. The average Bonchev–Trinajstić information content (AvgIpc) is 2.34. The van der Waals surface area contributed by atoms with Crippen LogP contribution in [0, 0.1) is 5.92 Å². The van der Waals surface area contributed by atoms with Gasteiger partial charge in [-0.2, -0.15) is 0 Å². The lowest BCUT2D eigenvalue weighted by Gasteiger charge is -2.24. The van der Waals surface area contributed by atoms with Gasteiger partial charge in [0.1, 0.15) is 0 Å². The highest BCUT2D eigenvalue weighted by Gasteiger charge is 2.09. The second-order valence-corrected chi connectivity index (χ2v) is 5.09. The first-order valence-corrected chi connectivity index (χ1v) is 6.80. The number of nitrogens with one attached hydrogen (secondary N) is 1. The minimum atomic E-state index is 0.708. The number of hydrogen-bond acceptors (Lipinski definition) is 2. The van der Waals surface area contributed by atoms with E-state index in [4.69, 9.17) is 0 Å². The van der Waals surface area contributed by atoms with E-state index in [0.717, 1.165) is 19.0 Å². The average molecular weight is 224 g/mol. The maximum absolute atomic E-state index is 3.59. The molecule has 0 saturated heterocycles. The summed E-state index contributed by atoms with van der Waals surface area (Å²) in [7, 11) is 2.22. The second kappa shape index (κ2) is 7.86. The highest BCUT2D eigenvalue weighted by atomic mass is 15.1. The van der Waals surface area contributed by atoms with Crippen molar-refractivity contribution in [3.05, 3.63) is 12.2 Å². The van der Waals surface area contributed by atoms with E-state index >= 15 is 0 Å². The molecule has 0 aliphatic heterocycles. The molecule has 2 atom stereocenters. The third-order valence-corrected chi connectivity index (χ3v) is 3.80. The smallest absolute Gasteiger partial charge is 0.0107 e. The summed E-state index contributed by atoms with van der Waals surface area (Å²) in [6, 6.07) is 0.708. The first-order valence-electron chi connectivity index (χ1n) is 6.80. The van der Waals surface area contributed by atoms with Crippen LogP contribution in [0.2, 0.25) is 0 Å². The van der Waals surface area contributed by atoms with Crippen molar-refractivity contribution >= 4 is 0 Å². The predicted octanol–water partition coefficient (Wildman–Crippen LogP) is 2.66. The largest absolute Gasteiger partial charge is 0.315 e. The summed E-state index contributed by atoms with van der Waals surface area (Å²) in [6.07, 6.45) is 9.80. The van der Waals surface area contributed by atoms with Crippen molar-refractivity contribution in [3.8, 4) is 0 Å². The van der Waals surface area contributed by atoms with Crippen LogP contribution in [0.15, 0.2) is 12.2 Å². The van der Waals surface area contributed by atoms with Gasteiger partial charge in [0, 0.05) is 19.1 Å². The van der Waals surface area contributed by atoms with Crippen LogP contribution < -0.4 is 5.32 Å². The van der Waals surface area contributed by atoms with Crippen LogP contribution >= 0.6 is 0 Å². The molecule has 2 heteroatoms.